The molecule has 0 aliphatic carbocycles. The van der Waals surface area contributed by atoms with Gasteiger partial charge in [0.25, 0.3) is 5.91 Å². The molecule has 5 heteroatoms. The Morgan fingerprint density at radius 2 is 1.35 bits per heavy atom. The molecule has 1 heterocycles. The van der Waals surface area contributed by atoms with E-state index in [-0.39, 0.29) is 5.91 Å². The summed E-state index contributed by atoms with van der Waals surface area (Å²) in [7, 11) is 6.26. The molecule has 1 saturated heterocycles. The first-order valence-electron chi connectivity index (χ1n) is 10.7. The Kier molecular flexibility index (Phi) is 6.12. The normalized spacial score (nSPS) is 13.8. The third-order valence-corrected chi connectivity index (χ3v) is 5.90. The number of hydrogen-bond donors (Lipinski definition) is 0. The summed E-state index contributed by atoms with van der Waals surface area (Å²) in [6.07, 6.45) is 0. The lowest BCUT2D eigenvalue weighted by Gasteiger charge is -2.37. The molecule has 0 unspecified atom stereocenters. The first-order valence-corrected chi connectivity index (χ1v) is 10.7. The summed E-state index contributed by atoms with van der Waals surface area (Å²) < 4.78 is 0. The van der Waals surface area contributed by atoms with E-state index in [1.807, 2.05) is 41.3 Å². The van der Waals surface area contributed by atoms with Gasteiger partial charge in [0.2, 0.25) is 0 Å². The Labute approximate surface area is 185 Å². The Hall–Kier alpha value is -3.47. The van der Waals surface area contributed by atoms with Gasteiger partial charge in [0.15, 0.2) is 0 Å². The van der Waals surface area contributed by atoms with Crippen LogP contribution in [0, 0.1) is 0 Å². The zero-order chi connectivity index (χ0) is 21.8. The van der Waals surface area contributed by atoms with Crippen molar-refractivity contribution in [3.05, 3.63) is 84.4 Å². The van der Waals surface area contributed by atoms with Gasteiger partial charge in [0.05, 0.1) is 11.4 Å². The van der Waals surface area contributed by atoms with E-state index in [1.165, 1.54) is 11.4 Å². The minimum absolute atomic E-state index is 0.118. The molecule has 160 valence electrons. The molecule has 0 bridgehead atoms. The van der Waals surface area contributed by atoms with Gasteiger partial charge in [-0.1, -0.05) is 36.4 Å². The predicted molar refractivity (Wildman–Crippen MR) is 130 cm³/mol. The molecule has 31 heavy (non-hydrogen) atoms. The van der Waals surface area contributed by atoms with E-state index in [0.29, 0.717) is 0 Å². The van der Waals surface area contributed by atoms with Crippen LogP contribution in [0.1, 0.15) is 10.4 Å². The van der Waals surface area contributed by atoms with Crippen molar-refractivity contribution < 1.29 is 4.79 Å². The monoisotopic (exact) mass is 414 g/mol. The Morgan fingerprint density at radius 1 is 0.742 bits per heavy atom. The largest absolute Gasteiger partial charge is 0.376 e. The smallest absolute Gasteiger partial charge is 0.253 e. The number of carbonyl (C=O) groups excluding carboxylic acids is 1. The molecule has 1 aliphatic rings. The van der Waals surface area contributed by atoms with Crippen molar-refractivity contribution >= 4 is 28.7 Å². The van der Waals surface area contributed by atoms with E-state index in [1.54, 1.807) is 0 Å². The fraction of sp³-hybridized carbons (Fsp3) is 0.269. The van der Waals surface area contributed by atoms with Gasteiger partial charge in [0, 0.05) is 64.3 Å². The number of benzene rings is 3. The van der Waals surface area contributed by atoms with E-state index < -0.39 is 0 Å². The summed E-state index contributed by atoms with van der Waals surface area (Å²) in [6, 6.07) is 26.6. The Morgan fingerprint density at radius 3 is 1.97 bits per heavy atom. The van der Waals surface area contributed by atoms with Crippen LogP contribution >= 0.6 is 0 Å². The predicted octanol–water partition coefficient (Wildman–Crippen LogP) is 4.48. The molecule has 0 N–H and O–H groups in total. The van der Waals surface area contributed by atoms with Gasteiger partial charge in [-0.25, -0.2) is 0 Å². The maximum atomic E-state index is 12.8. The molecule has 1 amide bonds. The molecule has 0 saturated carbocycles. The fourth-order valence-corrected chi connectivity index (χ4v) is 4.08. The molecular weight excluding hydrogens is 384 g/mol. The maximum Gasteiger partial charge on any atom is 0.253 e. The van der Waals surface area contributed by atoms with Crippen molar-refractivity contribution in [3.8, 4) is 0 Å². The quantitative estimate of drug-likeness (QED) is 0.616. The molecule has 1 fully saturated rings. The van der Waals surface area contributed by atoms with Crippen LogP contribution < -0.4 is 14.7 Å². The lowest BCUT2D eigenvalue weighted by atomic mass is 10.1. The van der Waals surface area contributed by atoms with Gasteiger partial charge in [0.1, 0.15) is 0 Å². The number of hydrogen-bond acceptors (Lipinski definition) is 4. The Bertz CT molecular complexity index is 1010. The summed E-state index contributed by atoms with van der Waals surface area (Å²) in [5.74, 6) is 0.118. The highest BCUT2D eigenvalue weighted by atomic mass is 16.2. The number of nitrogens with zero attached hydrogens (tertiary/aromatic N) is 4. The molecule has 0 spiro atoms. The summed E-state index contributed by atoms with van der Waals surface area (Å²) >= 11 is 0. The highest BCUT2D eigenvalue weighted by Gasteiger charge is 2.23. The molecule has 1 aliphatic heterocycles. The van der Waals surface area contributed by atoms with Gasteiger partial charge in [-0.15, -0.1) is 0 Å². The van der Waals surface area contributed by atoms with Crippen LogP contribution in [0.15, 0.2) is 78.9 Å². The first kappa shape index (κ1) is 20.8. The topological polar surface area (TPSA) is 30.0 Å². The number of para-hydroxylation sites is 1. The van der Waals surface area contributed by atoms with E-state index in [2.05, 4.69) is 78.3 Å². The molecule has 4 rings (SSSR count). The van der Waals surface area contributed by atoms with Crippen molar-refractivity contribution in [2.24, 2.45) is 0 Å². The highest BCUT2D eigenvalue weighted by molar-refractivity contribution is 5.94. The summed E-state index contributed by atoms with van der Waals surface area (Å²) in [5.41, 5.74) is 5.44. The number of piperazine rings is 1. The van der Waals surface area contributed by atoms with Crippen LogP contribution in [-0.2, 0) is 0 Å². The van der Waals surface area contributed by atoms with Crippen molar-refractivity contribution in [2.45, 2.75) is 0 Å². The number of rotatable bonds is 5. The average molecular weight is 415 g/mol. The van der Waals surface area contributed by atoms with E-state index in [4.69, 9.17) is 0 Å². The zero-order valence-electron chi connectivity index (χ0n) is 18.5. The molecule has 3 aromatic rings. The molecule has 0 radical (unpaired) electrons. The van der Waals surface area contributed by atoms with E-state index >= 15 is 0 Å². The third-order valence-electron chi connectivity index (χ3n) is 5.90. The van der Waals surface area contributed by atoms with Crippen LogP contribution in [0.2, 0.25) is 0 Å². The van der Waals surface area contributed by atoms with Gasteiger partial charge < -0.3 is 19.6 Å². The summed E-state index contributed by atoms with van der Waals surface area (Å²) in [6.45, 7) is 3.11. The number of anilines is 4. The van der Waals surface area contributed by atoms with Crippen LogP contribution in [0.3, 0.4) is 0 Å². The van der Waals surface area contributed by atoms with Crippen LogP contribution in [0.5, 0.6) is 0 Å². The molecule has 0 atom stereocenters. The average Bonchev–Trinajstić information content (AvgIpc) is 2.84. The molecule has 0 aromatic heterocycles. The lowest BCUT2D eigenvalue weighted by Crippen LogP contribution is -2.48. The third kappa shape index (κ3) is 4.50. The summed E-state index contributed by atoms with van der Waals surface area (Å²) in [5, 5.41) is 0. The zero-order valence-corrected chi connectivity index (χ0v) is 18.5. The second kappa shape index (κ2) is 9.13. The number of carbonyl (C=O) groups is 1. The molecular formula is C26H30N4O. The van der Waals surface area contributed by atoms with Crippen molar-refractivity contribution in [3.63, 3.8) is 0 Å². The number of amides is 1. The van der Waals surface area contributed by atoms with Crippen LogP contribution in [-0.4, -0.2) is 58.1 Å². The highest BCUT2D eigenvalue weighted by Crippen LogP contribution is 2.36. The van der Waals surface area contributed by atoms with Gasteiger partial charge in [-0.3, -0.25) is 4.79 Å². The maximum absolute atomic E-state index is 12.8. The van der Waals surface area contributed by atoms with Crippen molar-refractivity contribution in [1.82, 2.24) is 4.90 Å². The molecule has 5 nitrogen and oxygen atoms in total. The standard InChI is InChI=1S/C26H30N4O/c1-27(2)24-15-14-23(20-25(24)28(3)22-12-8-5-9-13-22)29-16-18-30(19-17-29)26(31)21-10-6-4-7-11-21/h4-15,20H,16-19H2,1-3H3. The van der Waals surface area contributed by atoms with E-state index in [0.717, 1.165) is 43.1 Å². The fourth-order valence-electron chi connectivity index (χ4n) is 4.08. The van der Waals surface area contributed by atoms with Crippen LogP contribution in [0.25, 0.3) is 0 Å². The Balaban J connectivity index is 1.52. The SMILES string of the molecule is CN(C)c1ccc(N2CCN(C(=O)c3ccccc3)CC2)cc1N(C)c1ccccc1. The van der Waals surface area contributed by atoms with E-state index in [9.17, 15) is 4.79 Å². The minimum atomic E-state index is 0.118. The second-order valence-electron chi connectivity index (χ2n) is 8.11. The van der Waals surface area contributed by atoms with Gasteiger partial charge >= 0.3 is 0 Å². The summed E-state index contributed by atoms with van der Waals surface area (Å²) in [4.78, 5) is 21.5. The molecule has 3 aromatic carbocycles. The van der Waals surface area contributed by atoms with Gasteiger partial charge in [-0.2, -0.15) is 0 Å². The van der Waals surface area contributed by atoms with Gasteiger partial charge in [-0.05, 0) is 42.5 Å². The second-order valence-corrected chi connectivity index (χ2v) is 8.11. The lowest BCUT2D eigenvalue weighted by molar-refractivity contribution is 0.0747. The van der Waals surface area contributed by atoms with Crippen LogP contribution in [0.4, 0.5) is 22.7 Å². The van der Waals surface area contributed by atoms with Crippen molar-refractivity contribution in [2.75, 3.05) is 62.0 Å². The van der Waals surface area contributed by atoms with Crippen molar-refractivity contribution in [1.29, 1.82) is 0 Å². The minimum Gasteiger partial charge on any atom is -0.376 e. The first-order chi connectivity index (χ1) is 15.0.